The van der Waals surface area contributed by atoms with Crippen LogP contribution in [0.2, 0.25) is 0 Å². The number of aliphatic carboxylic acids is 1. The summed E-state index contributed by atoms with van der Waals surface area (Å²) in [6, 6.07) is 23.4. The molecule has 4 rings (SSSR count). The van der Waals surface area contributed by atoms with Gasteiger partial charge in [-0.05, 0) is 41.0 Å². The third-order valence-corrected chi connectivity index (χ3v) is 7.49. The van der Waals surface area contributed by atoms with Crippen molar-refractivity contribution in [3.63, 3.8) is 0 Å². The Kier molecular flexibility index (Phi) is 9.62. The van der Waals surface area contributed by atoms with Gasteiger partial charge in [0.1, 0.15) is 16.6 Å². The summed E-state index contributed by atoms with van der Waals surface area (Å²) < 4.78 is 18.0. The van der Waals surface area contributed by atoms with Crippen molar-refractivity contribution in [2.45, 2.75) is 19.3 Å². The molecule has 0 unspecified atom stereocenters. The van der Waals surface area contributed by atoms with Crippen molar-refractivity contribution in [1.29, 1.82) is 0 Å². The Bertz CT molecular complexity index is 1370. The number of hydrogen-bond donors (Lipinski definition) is 1. The highest BCUT2D eigenvalue weighted by Gasteiger charge is 2.33. The molecule has 1 heterocycles. The lowest BCUT2D eigenvalue weighted by Gasteiger charge is -2.17. The van der Waals surface area contributed by atoms with Crippen LogP contribution in [0.15, 0.2) is 77.7 Å². The number of nitrogens with zero attached hydrogens (tertiary/aromatic N) is 1. The molecule has 0 bridgehead atoms. The number of thioether (sulfide) groups is 1. The number of benzene rings is 3. The summed E-state index contributed by atoms with van der Waals surface area (Å²) in [7, 11) is 1.64. The van der Waals surface area contributed by atoms with Crippen LogP contribution in [0.5, 0.6) is 17.2 Å². The van der Waals surface area contributed by atoms with Gasteiger partial charge in [0.15, 0.2) is 11.5 Å². The highest BCUT2D eigenvalue weighted by molar-refractivity contribution is 8.26. The second-order valence-corrected chi connectivity index (χ2v) is 10.6. The van der Waals surface area contributed by atoms with E-state index in [-0.39, 0.29) is 10.2 Å². The molecule has 0 aliphatic carbocycles. The van der Waals surface area contributed by atoms with Crippen molar-refractivity contribution in [3.05, 3.63) is 94.4 Å². The van der Waals surface area contributed by atoms with Gasteiger partial charge in [-0.1, -0.05) is 85.5 Å². The fourth-order valence-corrected chi connectivity index (χ4v) is 5.30. The van der Waals surface area contributed by atoms with Crippen LogP contribution in [0.25, 0.3) is 6.08 Å². The first-order valence-electron chi connectivity index (χ1n) is 12.4. The molecule has 1 aliphatic rings. The fourth-order valence-electron chi connectivity index (χ4n) is 4.04. The molecule has 1 fully saturated rings. The van der Waals surface area contributed by atoms with Gasteiger partial charge < -0.3 is 19.3 Å². The van der Waals surface area contributed by atoms with Gasteiger partial charge >= 0.3 is 5.97 Å². The molecule has 0 spiro atoms. The van der Waals surface area contributed by atoms with E-state index in [1.807, 2.05) is 60.7 Å². The summed E-state index contributed by atoms with van der Waals surface area (Å²) in [5, 5.41) is 9.09. The summed E-state index contributed by atoms with van der Waals surface area (Å²) in [5.41, 5.74) is 2.91. The number of amides is 1. The zero-order valence-electron chi connectivity index (χ0n) is 21.7. The third kappa shape index (κ3) is 7.40. The molecule has 0 aromatic heterocycles. The predicted octanol–water partition coefficient (Wildman–Crippen LogP) is 5.79. The van der Waals surface area contributed by atoms with Crippen molar-refractivity contribution >= 4 is 46.3 Å². The van der Waals surface area contributed by atoms with Gasteiger partial charge in [0.05, 0.1) is 25.2 Å². The Labute approximate surface area is 237 Å². The molecule has 1 saturated heterocycles. The standard InChI is InChI=1S/C30H29NO6S2/c1-20(22-8-4-3-5-9-22)19-37-25-13-12-21(17-27-29(34)31(18-28(32)33)30(38)39-27)16-26(25)36-15-14-23-10-6-7-11-24(23)35-2/h3-13,16-17,20H,14-15,18-19H2,1-2H3,(H,32,33)/t20-/m0/s1. The molecular formula is C30H29NO6S2. The van der Waals surface area contributed by atoms with Crippen molar-refractivity contribution in [3.8, 4) is 17.2 Å². The SMILES string of the molecule is COc1ccccc1CCOc1cc(C=C2SC(=S)N(CC(=O)O)C2=O)ccc1OC[C@H](C)c1ccccc1. The van der Waals surface area contributed by atoms with E-state index in [0.717, 1.165) is 28.0 Å². The maximum atomic E-state index is 12.7. The molecule has 39 heavy (non-hydrogen) atoms. The average molecular weight is 564 g/mol. The van der Waals surface area contributed by atoms with E-state index in [2.05, 4.69) is 19.1 Å². The number of methoxy groups -OCH3 is 1. The van der Waals surface area contributed by atoms with E-state index in [9.17, 15) is 9.59 Å². The number of thiocarbonyl (C=S) groups is 1. The zero-order chi connectivity index (χ0) is 27.8. The van der Waals surface area contributed by atoms with Gasteiger partial charge in [-0.3, -0.25) is 14.5 Å². The first kappa shape index (κ1) is 28.2. The largest absolute Gasteiger partial charge is 0.496 e. The topological polar surface area (TPSA) is 85.3 Å². The smallest absolute Gasteiger partial charge is 0.323 e. The van der Waals surface area contributed by atoms with Crippen LogP contribution in [0.1, 0.15) is 29.5 Å². The number of carbonyl (C=O) groups excluding carboxylic acids is 1. The van der Waals surface area contributed by atoms with Crippen LogP contribution in [0, 0.1) is 0 Å². The average Bonchev–Trinajstić information content (AvgIpc) is 3.20. The molecule has 9 heteroatoms. The van der Waals surface area contributed by atoms with E-state index in [0.29, 0.717) is 41.6 Å². The van der Waals surface area contributed by atoms with Gasteiger partial charge in [-0.2, -0.15) is 0 Å². The molecule has 3 aromatic carbocycles. The van der Waals surface area contributed by atoms with Crippen molar-refractivity contribution in [2.75, 3.05) is 26.9 Å². The lowest BCUT2D eigenvalue weighted by atomic mass is 10.0. The van der Waals surface area contributed by atoms with Crippen molar-refractivity contribution in [2.24, 2.45) is 0 Å². The minimum Gasteiger partial charge on any atom is -0.496 e. The van der Waals surface area contributed by atoms with Crippen molar-refractivity contribution < 1.29 is 28.9 Å². The number of hydrogen-bond acceptors (Lipinski definition) is 7. The van der Waals surface area contributed by atoms with Crippen LogP contribution in [0.4, 0.5) is 0 Å². The maximum Gasteiger partial charge on any atom is 0.323 e. The third-order valence-electron chi connectivity index (χ3n) is 6.11. The van der Waals surface area contributed by atoms with E-state index in [4.69, 9.17) is 31.5 Å². The van der Waals surface area contributed by atoms with Crippen molar-refractivity contribution in [1.82, 2.24) is 4.90 Å². The molecule has 3 aromatic rings. The van der Waals surface area contributed by atoms with Gasteiger partial charge in [0.25, 0.3) is 5.91 Å². The van der Waals surface area contributed by atoms with Gasteiger partial charge in [0.2, 0.25) is 0 Å². The van der Waals surface area contributed by atoms with E-state index < -0.39 is 18.4 Å². The first-order valence-corrected chi connectivity index (χ1v) is 13.6. The predicted molar refractivity (Wildman–Crippen MR) is 157 cm³/mol. The second kappa shape index (κ2) is 13.3. The van der Waals surface area contributed by atoms with E-state index >= 15 is 0 Å². The Morgan fingerprint density at radius 1 is 1.03 bits per heavy atom. The first-order chi connectivity index (χ1) is 18.9. The molecule has 1 amide bonds. The number of ether oxygens (including phenoxy) is 3. The summed E-state index contributed by atoms with van der Waals surface area (Å²) >= 11 is 6.29. The number of para-hydroxylation sites is 1. The van der Waals surface area contributed by atoms with Crippen LogP contribution in [-0.2, 0) is 16.0 Å². The monoisotopic (exact) mass is 563 g/mol. The normalized spacial score (nSPS) is 14.9. The minimum atomic E-state index is -1.12. The van der Waals surface area contributed by atoms with Crippen LogP contribution >= 0.6 is 24.0 Å². The van der Waals surface area contributed by atoms with Crippen LogP contribution < -0.4 is 14.2 Å². The lowest BCUT2D eigenvalue weighted by molar-refractivity contribution is -0.140. The molecule has 202 valence electrons. The Morgan fingerprint density at radius 3 is 2.51 bits per heavy atom. The molecular weight excluding hydrogens is 534 g/mol. The molecule has 0 radical (unpaired) electrons. The number of carbonyl (C=O) groups is 2. The number of carboxylic acids is 1. The summed E-state index contributed by atoms with van der Waals surface area (Å²) in [6.45, 7) is 2.48. The maximum absolute atomic E-state index is 12.7. The van der Waals surface area contributed by atoms with E-state index in [1.54, 1.807) is 13.2 Å². The van der Waals surface area contributed by atoms with Crippen LogP contribution in [0.3, 0.4) is 0 Å². The lowest BCUT2D eigenvalue weighted by Crippen LogP contribution is -2.33. The summed E-state index contributed by atoms with van der Waals surface area (Å²) in [5.74, 6) is 0.551. The summed E-state index contributed by atoms with van der Waals surface area (Å²) in [6.07, 6.45) is 2.31. The summed E-state index contributed by atoms with van der Waals surface area (Å²) in [4.78, 5) is 25.3. The molecule has 1 aliphatic heterocycles. The Morgan fingerprint density at radius 2 is 1.77 bits per heavy atom. The Balaban J connectivity index is 1.54. The second-order valence-electron chi connectivity index (χ2n) is 8.90. The van der Waals surface area contributed by atoms with Crippen LogP contribution in [-0.4, -0.2) is 53.1 Å². The van der Waals surface area contributed by atoms with Gasteiger partial charge in [0, 0.05) is 12.3 Å². The van der Waals surface area contributed by atoms with Gasteiger partial charge in [-0.25, -0.2) is 0 Å². The molecule has 1 atom stereocenters. The highest BCUT2D eigenvalue weighted by atomic mass is 32.2. The molecule has 0 saturated carbocycles. The quantitative estimate of drug-likeness (QED) is 0.219. The number of rotatable bonds is 12. The molecule has 7 nitrogen and oxygen atoms in total. The number of carboxylic acid groups (broad SMARTS) is 1. The molecule has 1 N–H and O–H groups in total. The zero-order valence-corrected chi connectivity index (χ0v) is 23.3. The Hall–Kier alpha value is -3.82. The minimum absolute atomic E-state index is 0.170. The van der Waals surface area contributed by atoms with Gasteiger partial charge in [-0.15, -0.1) is 0 Å². The van der Waals surface area contributed by atoms with E-state index in [1.165, 1.54) is 5.56 Å². The highest BCUT2D eigenvalue weighted by Crippen LogP contribution is 2.35. The fraction of sp³-hybridized carbons (Fsp3) is 0.233.